The summed E-state index contributed by atoms with van der Waals surface area (Å²) >= 11 is 0. The van der Waals surface area contributed by atoms with Crippen LogP contribution in [0.3, 0.4) is 0 Å². The van der Waals surface area contributed by atoms with Gasteiger partial charge >= 0.3 is 11.3 Å². The van der Waals surface area contributed by atoms with E-state index in [9.17, 15) is 9.59 Å². The maximum absolute atomic E-state index is 14.0. The predicted octanol–water partition coefficient (Wildman–Crippen LogP) is 14.0. The Labute approximate surface area is 387 Å². The highest BCUT2D eigenvalue weighted by Crippen LogP contribution is 2.54. The zero-order valence-corrected chi connectivity index (χ0v) is 39.5. The predicted molar refractivity (Wildman–Crippen MR) is 267 cm³/mol. The lowest BCUT2D eigenvalue weighted by atomic mass is 9.69. The molecule has 0 unspecified atom stereocenters. The average Bonchev–Trinajstić information content (AvgIpc) is 3.98. The number of fused-ring (bicyclic) bond motifs is 7. The molecule has 0 amide bonds. The Kier molecular flexibility index (Phi) is 8.14. The van der Waals surface area contributed by atoms with Crippen molar-refractivity contribution >= 4 is 55.6 Å². The van der Waals surface area contributed by atoms with Crippen LogP contribution >= 0.6 is 0 Å². The third-order valence-electron chi connectivity index (χ3n) is 16.2. The molecule has 0 spiro atoms. The number of anilines is 2. The smallest absolute Gasteiger partial charge is 0.344 e. The zero-order valence-electron chi connectivity index (χ0n) is 39.5. The topological polar surface area (TPSA) is 106 Å². The molecule has 9 aromatic rings. The molecule has 0 bridgehead atoms. The van der Waals surface area contributed by atoms with E-state index < -0.39 is 0 Å². The van der Waals surface area contributed by atoms with Gasteiger partial charge in [-0.1, -0.05) is 91.8 Å². The van der Waals surface area contributed by atoms with Gasteiger partial charge in [-0.15, -0.1) is 0 Å². The number of benzene rings is 4. The van der Waals surface area contributed by atoms with E-state index in [4.69, 9.17) is 22.1 Å². The van der Waals surface area contributed by atoms with Crippen LogP contribution in [-0.2, 0) is 21.7 Å². The van der Waals surface area contributed by atoms with Gasteiger partial charge in [0.05, 0.1) is 11.1 Å². The van der Waals surface area contributed by atoms with Gasteiger partial charge in [-0.2, -0.15) is 0 Å². The monoisotopic (exact) mass is 890 g/mol. The Morgan fingerprint density at radius 1 is 0.418 bits per heavy atom. The highest BCUT2D eigenvalue weighted by Gasteiger charge is 2.44. The molecule has 9 nitrogen and oxygen atoms in total. The second-order valence-corrected chi connectivity index (χ2v) is 22.4. The van der Waals surface area contributed by atoms with Crippen LogP contribution < -0.4 is 21.1 Å². The van der Waals surface area contributed by atoms with E-state index in [1.54, 1.807) is 0 Å². The lowest BCUT2D eigenvalue weighted by Gasteiger charge is -2.48. The second kappa shape index (κ2) is 13.5. The highest BCUT2D eigenvalue weighted by atomic mass is 16.4. The highest BCUT2D eigenvalue weighted by molar-refractivity contribution is 6.01. The molecule has 9 heterocycles. The van der Waals surface area contributed by atoms with Gasteiger partial charge in [0.25, 0.3) is 0 Å². The number of rotatable bonds is 4. The Morgan fingerprint density at radius 3 is 1.22 bits per heavy atom. The van der Waals surface area contributed by atoms with Gasteiger partial charge in [0.2, 0.25) is 11.2 Å². The fourth-order valence-corrected chi connectivity index (χ4v) is 12.0. The summed E-state index contributed by atoms with van der Waals surface area (Å²) in [4.78, 5) is 32.9. The van der Waals surface area contributed by atoms with Gasteiger partial charge in [-0.25, -0.2) is 9.59 Å². The number of furan rings is 3. The van der Waals surface area contributed by atoms with Crippen LogP contribution in [0.25, 0.3) is 89.2 Å². The van der Waals surface area contributed by atoms with Crippen LogP contribution in [0.5, 0.6) is 0 Å². The van der Waals surface area contributed by atoms with Crippen molar-refractivity contribution in [3.63, 3.8) is 0 Å². The summed E-state index contributed by atoms with van der Waals surface area (Å²) in [5.41, 5.74) is 14.1. The van der Waals surface area contributed by atoms with Crippen molar-refractivity contribution in [1.29, 1.82) is 0 Å². The molecule has 0 saturated carbocycles. The lowest BCUT2D eigenvalue weighted by molar-refractivity contribution is 0.398. The van der Waals surface area contributed by atoms with Gasteiger partial charge < -0.3 is 31.9 Å². The van der Waals surface area contributed by atoms with Gasteiger partial charge in [-0.3, -0.25) is 0 Å². The first-order chi connectivity index (χ1) is 31.9. The van der Waals surface area contributed by atoms with E-state index in [2.05, 4.69) is 77.3 Å². The van der Waals surface area contributed by atoms with Crippen LogP contribution in [0.2, 0.25) is 0 Å². The minimum Gasteiger partial charge on any atom is -0.449 e. The SMILES string of the molecule is CC1(C)CCN2CCC(C)(C)c3c2c1cc1cc(-c2cccc(-c4cc5oc6cc(-c7cccc(-c8cc9cc%10c%11c(c9oc8=O)C(C)(C)CCN%11CCC%10(C)C)c7)oc6c5o4)c2)c(=O)oc31. The third kappa shape index (κ3) is 5.91. The Morgan fingerprint density at radius 2 is 0.806 bits per heavy atom. The molecule has 0 saturated heterocycles. The van der Waals surface area contributed by atoms with E-state index in [0.29, 0.717) is 56.1 Å². The summed E-state index contributed by atoms with van der Waals surface area (Å²) in [5.74, 6) is 1.17. The number of nitrogens with zero attached hydrogens (tertiary/aromatic N) is 2. The molecule has 4 aliphatic rings. The van der Waals surface area contributed by atoms with Crippen molar-refractivity contribution in [2.75, 3.05) is 36.0 Å². The van der Waals surface area contributed by atoms with E-state index in [1.165, 1.54) is 22.5 Å². The van der Waals surface area contributed by atoms with E-state index in [1.807, 2.05) is 72.8 Å². The van der Waals surface area contributed by atoms with Crippen LogP contribution in [-0.4, -0.2) is 26.2 Å². The first kappa shape index (κ1) is 40.5. The van der Waals surface area contributed by atoms with Crippen LogP contribution in [0.4, 0.5) is 11.4 Å². The van der Waals surface area contributed by atoms with Crippen molar-refractivity contribution in [3.8, 4) is 44.9 Å². The van der Waals surface area contributed by atoms with Gasteiger partial charge in [0.15, 0.2) is 11.2 Å². The summed E-state index contributed by atoms with van der Waals surface area (Å²) in [6.45, 7) is 22.4. The fraction of sp³-hybridized carbons (Fsp3) is 0.345. The van der Waals surface area contributed by atoms with E-state index in [0.717, 1.165) is 96.0 Å². The first-order valence-electron chi connectivity index (χ1n) is 23.9. The Hall–Kier alpha value is -6.74. The fourth-order valence-electron chi connectivity index (χ4n) is 12.0. The molecule has 5 aromatic heterocycles. The zero-order chi connectivity index (χ0) is 46.1. The number of hydrogen-bond donors (Lipinski definition) is 0. The minimum atomic E-state index is -0.361. The van der Waals surface area contributed by atoms with Crippen LogP contribution in [0.15, 0.2) is 117 Å². The van der Waals surface area contributed by atoms with Gasteiger partial charge in [0, 0.05) is 82.7 Å². The molecule has 4 aromatic carbocycles. The van der Waals surface area contributed by atoms with Crippen LogP contribution in [0.1, 0.15) is 103 Å². The Balaban J connectivity index is 0.847. The van der Waals surface area contributed by atoms with Crippen molar-refractivity contribution in [1.82, 2.24) is 0 Å². The molecule has 0 aliphatic carbocycles. The maximum Gasteiger partial charge on any atom is 0.344 e. The molecule has 0 radical (unpaired) electrons. The van der Waals surface area contributed by atoms with Crippen LogP contribution in [0, 0.1) is 0 Å². The molecular formula is C58H54N2O7. The van der Waals surface area contributed by atoms with Crippen molar-refractivity contribution < 1.29 is 22.1 Å². The summed E-state index contributed by atoms with van der Waals surface area (Å²) in [7, 11) is 0. The third-order valence-corrected chi connectivity index (χ3v) is 16.2. The molecule has 0 N–H and O–H groups in total. The van der Waals surface area contributed by atoms with Crippen molar-refractivity contribution in [2.45, 2.75) is 103 Å². The second-order valence-electron chi connectivity index (χ2n) is 22.4. The van der Waals surface area contributed by atoms with E-state index >= 15 is 0 Å². The van der Waals surface area contributed by atoms with Gasteiger partial charge in [-0.05, 0) is 106 Å². The van der Waals surface area contributed by atoms with Crippen molar-refractivity contribution in [2.24, 2.45) is 0 Å². The maximum atomic E-state index is 14.0. The standard InChI is InChI=1S/C58H54N2O7/c1-55(2)15-19-59-21-17-57(5,6)45-47(59)39(55)27-35-25-37(53(61)66-49(35)45)31-11-9-13-33(23-31)41-29-43-51(64-41)52-44(63-43)30-42(65-52)34-14-10-12-32(24-34)38-26-36-28-40-48-46(50(36)67-54(38)62)58(7,8)18-22-60(48)20-16-56(40,3)4/h9-14,23-30H,15-22H2,1-8H3. The lowest BCUT2D eigenvalue weighted by Crippen LogP contribution is -2.44. The molecule has 13 rings (SSSR count). The molecule has 338 valence electrons. The largest absolute Gasteiger partial charge is 0.449 e. The molecule has 4 aliphatic heterocycles. The summed E-state index contributed by atoms with van der Waals surface area (Å²) in [6.07, 6.45) is 4.16. The molecule has 67 heavy (non-hydrogen) atoms. The minimum absolute atomic E-state index is 0.00321. The van der Waals surface area contributed by atoms with Gasteiger partial charge in [0.1, 0.15) is 22.7 Å². The quantitative estimate of drug-likeness (QED) is 0.160. The summed E-state index contributed by atoms with van der Waals surface area (Å²) in [6, 6.07) is 27.9. The Bertz CT molecular complexity index is 3490. The summed E-state index contributed by atoms with van der Waals surface area (Å²) < 4.78 is 32.0. The molecule has 9 heteroatoms. The summed E-state index contributed by atoms with van der Waals surface area (Å²) in [5, 5.41) is 1.90. The number of hydrogen-bond acceptors (Lipinski definition) is 9. The molecular weight excluding hydrogens is 837 g/mol. The molecule has 0 atom stereocenters. The first-order valence-corrected chi connectivity index (χ1v) is 23.9. The normalized spacial score (nSPS) is 18.8. The molecule has 0 fully saturated rings. The average molecular weight is 891 g/mol. The van der Waals surface area contributed by atoms with E-state index in [-0.39, 0.29) is 32.9 Å². The van der Waals surface area contributed by atoms with Crippen molar-refractivity contribution in [3.05, 3.63) is 128 Å².